The van der Waals surface area contributed by atoms with Gasteiger partial charge in [-0.25, -0.2) is 0 Å². The molecule has 1 heterocycles. The lowest BCUT2D eigenvalue weighted by Crippen LogP contribution is -2.16. The third-order valence-corrected chi connectivity index (χ3v) is 2.94. The zero-order valence-corrected chi connectivity index (χ0v) is 11.2. The SMILES string of the molecule is Cc1nn(C)cc1NC(=O)c1ccccc1CCN. The fourth-order valence-electron chi connectivity index (χ4n) is 2.03. The summed E-state index contributed by atoms with van der Waals surface area (Å²) in [5.74, 6) is -0.125. The highest BCUT2D eigenvalue weighted by Gasteiger charge is 2.12. The first-order valence-electron chi connectivity index (χ1n) is 6.21. The monoisotopic (exact) mass is 258 g/mol. The zero-order valence-electron chi connectivity index (χ0n) is 11.2. The molecular formula is C14H18N4O. The lowest BCUT2D eigenvalue weighted by molar-refractivity contribution is 0.102. The number of aromatic nitrogens is 2. The molecule has 2 rings (SSSR count). The molecule has 5 nitrogen and oxygen atoms in total. The summed E-state index contributed by atoms with van der Waals surface area (Å²) in [5, 5.41) is 7.08. The number of benzene rings is 1. The van der Waals surface area contributed by atoms with Crippen LogP contribution in [0, 0.1) is 6.92 Å². The predicted molar refractivity (Wildman–Crippen MR) is 75.1 cm³/mol. The number of anilines is 1. The predicted octanol–water partition coefficient (Wildman–Crippen LogP) is 1.48. The summed E-state index contributed by atoms with van der Waals surface area (Å²) in [5.41, 5.74) is 8.72. The van der Waals surface area contributed by atoms with Crippen LogP contribution in [-0.4, -0.2) is 22.2 Å². The Morgan fingerprint density at radius 3 is 2.79 bits per heavy atom. The number of carbonyl (C=O) groups is 1. The van der Waals surface area contributed by atoms with Gasteiger partial charge in [0.15, 0.2) is 0 Å². The van der Waals surface area contributed by atoms with Gasteiger partial charge in [0.2, 0.25) is 0 Å². The molecule has 1 aromatic heterocycles. The molecule has 1 aromatic carbocycles. The first-order chi connectivity index (χ1) is 9.11. The molecular weight excluding hydrogens is 240 g/mol. The van der Waals surface area contributed by atoms with Gasteiger partial charge in [0.1, 0.15) is 0 Å². The first kappa shape index (κ1) is 13.3. The third kappa shape index (κ3) is 3.00. The van der Waals surface area contributed by atoms with Gasteiger partial charge in [-0.3, -0.25) is 9.48 Å². The standard InChI is InChI=1S/C14H18N4O/c1-10-13(9-18(2)17-10)16-14(19)12-6-4-3-5-11(12)7-8-15/h3-6,9H,7-8,15H2,1-2H3,(H,16,19). The van der Waals surface area contributed by atoms with E-state index in [1.165, 1.54) is 0 Å². The van der Waals surface area contributed by atoms with Crippen LogP contribution < -0.4 is 11.1 Å². The number of amides is 1. The summed E-state index contributed by atoms with van der Waals surface area (Å²) < 4.78 is 1.68. The number of nitrogens with zero attached hydrogens (tertiary/aromatic N) is 2. The van der Waals surface area contributed by atoms with Crippen LogP contribution in [0.3, 0.4) is 0 Å². The Balaban J connectivity index is 2.22. The Kier molecular flexibility index (Phi) is 3.97. The van der Waals surface area contributed by atoms with E-state index < -0.39 is 0 Å². The topological polar surface area (TPSA) is 72.9 Å². The van der Waals surface area contributed by atoms with Gasteiger partial charge in [0.05, 0.1) is 11.4 Å². The minimum Gasteiger partial charge on any atom is -0.330 e. The molecule has 0 saturated carbocycles. The summed E-state index contributed by atoms with van der Waals surface area (Å²) in [4.78, 5) is 12.3. The van der Waals surface area contributed by atoms with Crippen LogP contribution in [0.25, 0.3) is 0 Å². The Hall–Kier alpha value is -2.14. The van der Waals surface area contributed by atoms with Gasteiger partial charge in [-0.15, -0.1) is 0 Å². The number of carbonyl (C=O) groups excluding carboxylic acids is 1. The lowest BCUT2D eigenvalue weighted by Gasteiger charge is -2.08. The van der Waals surface area contributed by atoms with Crippen LogP contribution in [0.15, 0.2) is 30.5 Å². The van der Waals surface area contributed by atoms with E-state index in [4.69, 9.17) is 5.73 Å². The van der Waals surface area contributed by atoms with Crippen LogP contribution in [0.5, 0.6) is 0 Å². The van der Waals surface area contributed by atoms with Crippen molar-refractivity contribution in [2.45, 2.75) is 13.3 Å². The van der Waals surface area contributed by atoms with Crippen molar-refractivity contribution < 1.29 is 4.79 Å². The zero-order chi connectivity index (χ0) is 13.8. The maximum Gasteiger partial charge on any atom is 0.256 e. The fourth-order valence-corrected chi connectivity index (χ4v) is 2.03. The lowest BCUT2D eigenvalue weighted by atomic mass is 10.0. The molecule has 0 saturated heterocycles. The second kappa shape index (κ2) is 5.67. The number of hydrogen-bond donors (Lipinski definition) is 2. The van der Waals surface area contributed by atoms with Gasteiger partial charge >= 0.3 is 0 Å². The molecule has 0 spiro atoms. The average Bonchev–Trinajstić information content (AvgIpc) is 2.69. The van der Waals surface area contributed by atoms with E-state index in [-0.39, 0.29) is 5.91 Å². The minimum absolute atomic E-state index is 0.125. The molecule has 0 bridgehead atoms. The Bertz CT molecular complexity index is 589. The molecule has 0 aliphatic rings. The Morgan fingerprint density at radius 1 is 1.42 bits per heavy atom. The summed E-state index contributed by atoms with van der Waals surface area (Å²) in [6, 6.07) is 7.51. The van der Waals surface area contributed by atoms with E-state index in [0.717, 1.165) is 16.9 Å². The highest BCUT2D eigenvalue weighted by atomic mass is 16.1. The summed E-state index contributed by atoms with van der Waals surface area (Å²) >= 11 is 0. The number of nitrogens with one attached hydrogen (secondary N) is 1. The smallest absolute Gasteiger partial charge is 0.256 e. The van der Waals surface area contributed by atoms with Crippen molar-refractivity contribution in [2.24, 2.45) is 12.8 Å². The van der Waals surface area contributed by atoms with Crippen molar-refractivity contribution in [2.75, 3.05) is 11.9 Å². The van der Waals surface area contributed by atoms with E-state index in [2.05, 4.69) is 10.4 Å². The van der Waals surface area contributed by atoms with E-state index in [1.54, 1.807) is 10.9 Å². The number of hydrogen-bond acceptors (Lipinski definition) is 3. The number of nitrogens with two attached hydrogens (primary N) is 1. The van der Waals surface area contributed by atoms with Gasteiger partial charge in [0, 0.05) is 18.8 Å². The summed E-state index contributed by atoms with van der Waals surface area (Å²) in [6.07, 6.45) is 2.48. The van der Waals surface area contributed by atoms with E-state index in [9.17, 15) is 4.79 Å². The summed E-state index contributed by atoms with van der Waals surface area (Å²) in [7, 11) is 1.82. The molecule has 100 valence electrons. The van der Waals surface area contributed by atoms with Crippen LogP contribution in [0.1, 0.15) is 21.6 Å². The molecule has 0 atom stereocenters. The van der Waals surface area contributed by atoms with Crippen molar-refractivity contribution in [3.05, 3.63) is 47.3 Å². The Morgan fingerprint density at radius 2 is 2.16 bits per heavy atom. The highest BCUT2D eigenvalue weighted by Crippen LogP contribution is 2.15. The molecule has 19 heavy (non-hydrogen) atoms. The maximum absolute atomic E-state index is 12.3. The Labute approximate surface area is 112 Å². The second-order valence-corrected chi connectivity index (χ2v) is 4.45. The first-order valence-corrected chi connectivity index (χ1v) is 6.21. The van der Waals surface area contributed by atoms with Crippen LogP contribution in [0.2, 0.25) is 0 Å². The van der Waals surface area contributed by atoms with Crippen molar-refractivity contribution in [1.82, 2.24) is 9.78 Å². The highest BCUT2D eigenvalue weighted by molar-refractivity contribution is 6.05. The molecule has 0 radical (unpaired) electrons. The van der Waals surface area contributed by atoms with Crippen LogP contribution in [-0.2, 0) is 13.5 Å². The van der Waals surface area contributed by atoms with Gasteiger partial charge in [0.25, 0.3) is 5.91 Å². The van der Waals surface area contributed by atoms with E-state index in [0.29, 0.717) is 18.5 Å². The molecule has 1 amide bonds. The third-order valence-electron chi connectivity index (χ3n) is 2.94. The van der Waals surface area contributed by atoms with E-state index >= 15 is 0 Å². The van der Waals surface area contributed by atoms with Crippen molar-refractivity contribution in [3.63, 3.8) is 0 Å². The summed E-state index contributed by atoms with van der Waals surface area (Å²) in [6.45, 7) is 2.39. The normalized spacial score (nSPS) is 10.5. The van der Waals surface area contributed by atoms with Crippen molar-refractivity contribution >= 4 is 11.6 Å². The van der Waals surface area contributed by atoms with Gasteiger partial charge in [-0.2, -0.15) is 5.10 Å². The van der Waals surface area contributed by atoms with E-state index in [1.807, 2.05) is 38.2 Å². The maximum atomic E-state index is 12.3. The van der Waals surface area contributed by atoms with Crippen molar-refractivity contribution in [3.8, 4) is 0 Å². The van der Waals surface area contributed by atoms with Gasteiger partial charge in [-0.05, 0) is 31.5 Å². The quantitative estimate of drug-likeness (QED) is 0.872. The minimum atomic E-state index is -0.125. The fraction of sp³-hybridized carbons (Fsp3) is 0.286. The molecule has 0 aliphatic heterocycles. The second-order valence-electron chi connectivity index (χ2n) is 4.45. The molecule has 0 unspecified atom stereocenters. The van der Waals surface area contributed by atoms with Crippen LogP contribution >= 0.6 is 0 Å². The van der Waals surface area contributed by atoms with Crippen LogP contribution in [0.4, 0.5) is 5.69 Å². The number of aryl methyl sites for hydroxylation is 2. The van der Waals surface area contributed by atoms with Gasteiger partial charge in [-0.1, -0.05) is 18.2 Å². The molecule has 3 N–H and O–H groups in total. The largest absolute Gasteiger partial charge is 0.330 e. The molecule has 0 aliphatic carbocycles. The number of rotatable bonds is 4. The molecule has 5 heteroatoms. The molecule has 0 fully saturated rings. The van der Waals surface area contributed by atoms with Gasteiger partial charge < -0.3 is 11.1 Å². The average molecular weight is 258 g/mol. The molecule has 2 aromatic rings. The van der Waals surface area contributed by atoms with Crippen molar-refractivity contribution in [1.29, 1.82) is 0 Å².